The van der Waals surface area contributed by atoms with Crippen molar-refractivity contribution in [2.45, 2.75) is 26.7 Å². The van der Waals surface area contributed by atoms with Gasteiger partial charge in [0.1, 0.15) is 5.82 Å². The van der Waals surface area contributed by atoms with Gasteiger partial charge in [0.2, 0.25) is 0 Å². The summed E-state index contributed by atoms with van der Waals surface area (Å²) in [5.74, 6) is 1.07. The van der Waals surface area contributed by atoms with E-state index in [0.717, 1.165) is 18.7 Å². The molecule has 1 aromatic rings. The van der Waals surface area contributed by atoms with Crippen molar-refractivity contribution in [2.75, 3.05) is 0 Å². The molecule has 0 unspecified atom stereocenters. The smallest absolute Gasteiger partial charge is 0.130 e. The Morgan fingerprint density at radius 1 is 1.45 bits per heavy atom. The van der Waals surface area contributed by atoms with E-state index in [1.807, 2.05) is 30.9 Å². The second-order valence-electron chi connectivity index (χ2n) is 2.02. The zero-order chi connectivity index (χ0) is 8.10. The Labute approximate surface area is 66.8 Å². The Morgan fingerprint density at radius 2 is 2.27 bits per heavy atom. The largest absolute Gasteiger partial charge is 0.240 e. The first-order valence-corrected chi connectivity index (χ1v) is 4.02. The molecule has 0 saturated heterocycles. The second kappa shape index (κ2) is 3.91. The van der Waals surface area contributed by atoms with Crippen molar-refractivity contribution in [3.8, 4) is 0 Å². The lowest BCUT2D eigenvalue weighted by Crippen LogP contribution is -2.03. The number of nitrogens with zero attached hydrogens (tertiary/aromatic N) is 3. The summed E-state index contributed by atoms with van der Waals surface area (Å²) in [7, 11) is 0. The quantitative estimate of drug-likeness (QED) is 0.555. The molecule has 0 aromatic carbocycles. The SMILES string of the molecule is C1=Nn2ccnc2CC1.CC. The van der Waals surface area contributed by atoms with E-state index < -0.39 is 0 Å². The number of hydrogen-bond acceptors (Lipinski definition) is 2. The van der Waals surface area contributed by atoms with Gasteiger partial charge in [-0.25, -0.2) is 9.66 Å². The highest BCUT2D eigenvalue weighted by molar-refractivity contribution is 5.58. The lowest BCUT2D eigenvalue weighted by atomic mass is 10.3. The van der Waals surface area contributed by atoms with E-state index in [9.17, 15) is 0 Å². The fourth-order valence-electron chi connectivity index (χ4n) is 0.951. The topological polar surface area (TPSA) is 30.2 Å². The van der Waals surface area contributed by atoms with Gasteiger partial charge in [0.05, 0.1) is 0 Å². The molecule has 3 nitrogen and oxygen atoms in total. The third kappa shape index (κ3) is 1.67. The van der Waals surface area contributed by atoms with E-state index in [-0.39, 0.29) is 0 Å². The number of hydrogen-bond donors (Lipinski definition) is 0. The van der Waals surface area contributed by atoms with Crippen LogP contribution < -0.4 is 0 Å². The monoisotopic (exact) mass is 151 g/mol. The summed E-state index contributed by atoms with van der Waals surface area (Å²) in [5.41, 5.74) is 0. The first-order valence-electron chi connectivity index (χ1n) is 4.02. The second-order valence-corrected chi connectivity index (χ2v) is 2.02. The highest BCUT2D eigenvalue weighted by atomic mass is 15.4. The van der Waals surface area contributed by atoms with E-state index in [2.05, 4.69) is 10.1 Å². The first-order chi connectivity index (χ1) is 5.47. The van der Waals surface area contributed by atoms with Crippen LogP contribution in [0.5, 0.6) is 0 Å². The van der Waals surface area contributed by atoms with Gasteiger partial charge in [0.25, 0.3) is 0 Å². The summed E-state index contributed by atoms with van der Waals surface area (Å²) < 4.78 is 1.81. The number of aryl methyl sites for hydroxylation is 1. The zero-order valence-corrected chi connectivity index (χ0v) is 6.99. The van der Waals surface area contributed by atoms with Gasteiger partial charge in [-0.1, -0.05) is 13.8 Å². The highest BCUT2D eigenvalue weighted by Gasteiger charge is 2.02. The molecule has 2 heterocycles. The van der Waals surface area contributed by atoms with Crippen LogP contribution in [0.4, 0.5) is 0 Å². The normalized spacial score (nSPS) is 13.3. The number of fused-ring (bicyclic) bond motifs is 1. The van der Waals surface area contributed by atoms with Crippen LogP contribution in [0, 0.1) is 0 Å². The first kappa shape index (κ1) is 7.98. The zero-order valence-electron chi connectivity index (χ0n) is 6.99. The molecule has 1 aliphatic heterocycles. The van der Waals surface area contributed by atoms with Crippen LogP contribution in [0.2, 0.25) is 0 Å². The van der Waals surface area contributed by atoms with Crippen molar-refractivity contribution in [3.05, 3.63) is 18.2 Å². The predicted octanol–water partition coefficient (Wildman–Crippen LogP) is 1.69. The van der Waals surface area contributed by atoms with Crippen molar-refractivity contribution in [2.24, 2.45) is 5.10 Å². The van der Waals surface area contributed by atoms with Gasteiger partial charge in [0, 0.05) is 25.0 Å². The lowest BCUT2D eigenvalue weighted by Gasteiger charge is -2.03. The van der Waals surface area contributed by atoms with Crippen LogP contribution >= 0.6 is 0 Å². The van der Waals surface area contributed by atoms with Gasteiger partial charge in [-0.2, -0.15) is 5.10 Å². The highest BCUT2D eigenvalue weighted by Crippen LogP contribution is 2.03. The van der Waals surface area contributed by atoms with Crippen LogP contribution in [0.1, 0.15) is 26.1 Å². The van der Waals surface area contributed by atoms with Gasteiger partial charge in [-0.05, 0) is 6.42 Å². The van der Waals surface area contributed by atoms with Crippen LogP contribution in [-0.4, -0.2) is 15.9 Å². The molecule has 0 amide bonds. The van der Waals surface area contributed by atoms with Crippen molar-refractivity contribution in [1.29, 1.82) is 0 Å². The van der Waals surface area contributed by atoms with E-state index in [1.165, 1.54) is 0 Å². The fourth-order valence-corrected chi connectivity index (χ4v) is 0.951. The molecule has 3 heteroatoms. The summed E-state index contributed by atoms with van der Waals surface area (Å²) >= 11 is 0. The minimum Gasteiger partial charge on any atom is -0.240 e. The van der Waals surface area contributed by atoms with Crippen molar-refractivity contribution >= 4 is 6.21 Å². The molecule has 1 aliphatic rings. The van der Waals surface area contributed by atoms with Crippen molar-refractivity contribution in [1.82, 2.24) is 9.66 Å². The maximum absolute atomic E-state index is 4.11. The Kier molecular flexibility index (Phi) is 2.83. The maximum atomic E-state index is 4.11. The third-order valence-electron chi connectivity index (χ3n) is 1.40. The van der Waals surface area contributed by atoms with E-state index in [1.54, 1.807) is 6.20 Å². The summed E-state index contributed by atoms with van der Waals surface area (Å²) in [6.45, 7) is 4.00. The summed E-state index contributed by atoms with van der Waals surface area (Å²) in [4.78, 5) is 4.11. The Bertz CT molecular complexity index is 237. The van der Waals surface area contributed by atoms with Gasteiger partial charge in [-0.15, -0.1) is 0 Å². The number of rotatable bonds is 0. The molecule has 0 spiro atoms. The van der Waals surface area contributed by atoms with E-state index in [0.29, 0.717) is 0 Å². The van der Waals surface area contributed by atoms with Gasteiger partial charge in [-0.3, -0.25) is 0 Å². The van der Waals surface area contributed by atoms with Crippen molar-refractivity contribution in [3.63, 3.8) is 0 Å². The van der Waals surface area contributed by atoms with E-state index >= 15 is 0 Å². The molecule has 0 N–H and O–H groups in total. The van der Waals surface area contributed by atoms with Crippen LogP contribution in [0.3, 0.4) is 0 Å². The molecule has 0 atom stereocenters. The summed E-state index contributed by atoms with van der Waals surface area (Å²) in [6.07, 6.45) is 7.60. The standard InChI is InChI=1S/C6H7N3.C2H6/c1-2-6-7-4-5-9(6)8-3-1;1-2/h3-5H,1-2H2;1-2H3. The predicted molar refractivity (Wildman–Crippen MR) is 45.8 cm³/mol. The lowest BCUT2D eigenvalue weighted by molar-refractivity contribution is 0.741. The Hall–Kier alpha value is -1.12. The van der Waals surface area contributed by atoms with Gasteiger partial charge < -0.3 is 0 Å². The summed E-state index contributed by atoms with van der Waals surface area (Å²) in [6, 6.07) is 0. The van der Waals surface area contributed by atoms with Crippen LogP contribution in [0.15, 0.2) is 17.5 Å². The number of imidazole rings is 1. The maximum Gasteiger partial charge on any atom is 0.130 e. The third-order valence-corrected chi connectivity index (χ3v) is 1.40. The van der Waals surface area contributed by atoms with E-state index in [4.69, 9.17) is 0 Å². The molecule has 2 rings (SSSR count). The molecule has 0 radical (unpaired) electrons. The Balaban J connectivity index is 0.000000281. The molecular weight excluding hydrogens is 138 g/mol. The average molecular weight is 151 g/mol. The summed E-state index contributed by atoms with van der Waals surface area (Å²) in [5, 5.41) is 4.08. The molecule has 0 saturated carbocycles. The molecule has 0 aliphatic carbocycles. The molecule has 1 aromatic heterocycles. The van der Waals surface area contributed by atoms with Gasteiger partial charge in [0.15, 0.2) is 0 Å². The molecule has 11 heavy (non-hydrogen) atoms. The average Bonchev–Trinajstić information content (AvgIpc) is 2.55. The minimum atomic E-state index is 1.02. The molecule has 0 fully saturated rings. The van der Waals surface area contributed by atoms with Gasteiger partial charge >= 0.3 is 0 Å². The van der Waals surface area contributed by atoms with Crippen LogP contribution in [0.25, 0.3) is 0 Å². The minimum absolute atomic E-state index is 1.02. The Morgan fingerprint density at radius 3 is 3.00 bits per heavy atom. The molecular formula is C8H13N3. The molecule has 60 valence electrons. The fraction of sp³-hybridized carbons (Fsp3) is 0.500. The van der Waals surface area contributed by atoms with Crippen molar-refractivity contribution < 1.29 is 0 Å². The molecule has 0 bridgehead atoms. The number of aromatic nitrogens is 2. The van der Waals surface area contributed by atoms with Crippen LogP contribution in [-0.2, 0) is 6.42 Å².